The lowest BCUT2D eigenvalue weighted by Gasteiger charge is -2.26. The number of pyridine rings is 1. The monoisotopic (exact) mass is 505 g/mol. The lowest BCUT2D eigenvalue weighted by atomic mass is 10.0. The molecule has 1 atom stereocenters. The minimum Gasteiger partial charge on any atom is -0.457 e. The molecule has 0 saturated carbocycles. The lowest BCUT2D eigenvalue weighted by Crippen LogP contribution is -2.36. The molecule has 0 radical (unpaired) electrons. The third-order valence-electron chi connectivity index (χ3n) is 6.26. The molecule has 1 aliphatic heterocycles. The first-order chi connectivity index (χ1) is 17.3. The van der Waals surface area contributed by atoms with E-state index >= 15 is 0 Å². The fourth-order valence-corrected chi connectivity index (χ4v) is 5.18. The van der Waals surface area contributed by atoms with Gasteiger partial charge in [0.05, 0.1) is 28.5 Å². The topological polar surface area (TPSA) is 117 Å². The molecule has 1 amide bonds. The van der Waals surface area contributed by atoms with Crippen LogP contribution in [-0.2, 0) is 14.6 Å². The summed E-state index contributed by atoms with van der Waals surface area (Å²) in [5.74, 6) is 1.74. The van der Waals surface area contributed by atoms with Gasteiger partial charge in [-0.25, -0.2) is 13.4 Å². The van der Waals surface area contributed by atoms with Crippen molar-refractivity contribution in [2.24, 2.45) is 0 Å². The molecule has 2 aromatic heterocycles. The van der Waals surface area contributed by atoms with Crippen molar-refractivity contribution < 1.29 is 17.9 Å². The van der Waals surface area contributed by atoms with E-state index in [0.717, 1.165) is 29.6 Å². The molecule has 1 fully saturated rings. The number of nitrogens with one attached hydrogen (secondary N) is 2. The van der Waals surface area contributed by atoms with Gasteiger partial charge in [-0.1, -0.05) is 6.07 Å². The maximum Gasteiger partial charge on any atom is 0.237 e. The average molecular weight is 506 g/mol. The Balaban J connectivity index is 1.58. The van der Waals surface area contributed by atoms with Gasteiger partial charge in [0.25, 0.3) is 0 Å². The smallest absolute Gasteiger partial charge is 0.237 e. The first-order valence-corrected chi connectivity index (χ1v) is 13.6. The second-order valence-corrected chi connectivity index (χ2v) is 10.8. The van der Waals surface area contributed by atoms with Gasteiger partial charge in [0.1, 0.15) is 17.2 Å². The predicted molar refractivity (Wildman–Crippen MR) is 137 cm³/mol. The zero-order valence-corrected chi connectivity index (χ0v) is 20.9. The van der Waals surface area contributed by atoms with Crippen molar-refractivity contribution in [3.8, 4) is 23.0 Å². The zero-order chi connectivity index (χ0) is 25.3. The average Bonchev–Trinajstić information content (AvgIpc) is 3.51. The summed E-state index contributed by atoms with van der Waals surface area (Å²) in [5.41, 5.74) is 3.11. The third kappa shape index (κ3) is 4.82. The molecule has 1 unspecified atom stereocenters. The highest BCUT2D eigenvalue weighted by atomic mass is 32.2. The van der Waals surface area contributed by atoms with Gasteiger partial charge in [0.15, 0.2) is 15.7 Å². The Morgan fingerprint density at radius 3 is 2.69 bits per heavy atom. The SMILES string of the molecule is CNCC(=O)N1CCCC1c1cc2[nH]c(-c3ccccn3)nc2cc1Oc1ccc(S(C)(=O)=O)cc1. The molecule has 3 heterocycles. The number of imidazole rings is 1. The highest BCUT2D eigenvalue weighted by molar-refractivity contribution is 7.90. The van der Waals surface area contributed by atoms with E-state index in [-0.39, 0.29) is 23.4 Å². The van der Waals surface area contributed by atoms with Gasteiger partial charge in [-0.05, 0) is 62.4 Å². The Kier molecular flexibility index (Phi) is 6.46. The van der Waals surface area contributed by atoms with Gasteiger partial charge < -0.3 is 19.9 Å². The molecule has 5 rings (SSSR count). The maximum absolute atomic E-state index is 12.8. The second-order valence-electron chi connectivity index (χ2n) is 8.83. The number of nitrogens with zero attached hydrogens (tertiary/aromatic N) is 3. The summed E-state index contributed by atoms with van der Waals surface area (Å²) in [4.78, 5) is 27.4. The van der Waals surface area contributed by atoms with E-state index in [2.05, 4.69) is 15.3 Å². The van der Waals surface area contributed by atoms with Crippen LogP contribution in [0.5, 0.6) is 11.5 Å². The summed E-state index contributed by atoms with van der Waals surface area (Å²) in [6.07, 6.45) is 4.59. The molecular weight excluding hydrogens is 478 g/mol. The van der Waals surface area contributed by atoms with E-state index in [9.17, 15) is 13.2 Å². The molecule has 0 bridgehead atoms. The number of aromatic nitrogens is 3. The molecule has 1 saturated heterocycles. The summed E-state index contributed by atoms with van der Waals surface area (Å²) in [5, 5.41) is 2.94. The Morgan fingerprint density at radius 2 is 2.00 bits per heavy atom. The number of hydrogen-bond donors (Lipinski definition) is 2. The van der Waals surface area contributed by atoms with Gasteiger partial charge in [-0.15, -0.1) is 0 Å². The third-order valence-corrected chi connectivity index (χ3v) is 7.39. The van der Waals surface area contributed by atoms with E-state index in [1.807, 2.05) is 35.2 Å². The van der Waals surface area contributed by atoms with Gasteiger partial charge in [0.2, 0.25) is 5.91 Å². The molecule has 1 aliphatic rings. The molecule has 0 aliphatic carbocycles. The number of H-pyrrole nitrogens is 1. The van der Waals surface area contributed by atoms with Gasteiger partial charge in [-0.2, -0.15) is 0 Å². The van der Waals surface area contributed by atoms with Gasteiger partial charge >= 0.3 is 0 Å². The highest BCUT2D eigenvalue weighted by Gasteiger charge is 2.32. The molecule has 9 nitrogen and oxygen atoms in total. The minimum absolute atomic E-state index is 0.0299. The van der Waals surface area contributed by atoms with Crippen molar-refractivity contribution >= 4 is 26.8 Å². The van der Waals surface area contributed by atoms with Crippen LogP contribution in [-0.4, -0.2) is 60.6 Å². The number of amides is 1. The number of hydrogen-bond acceptors (Lipinski definition) is 7. The largest absolute Gasteiger partial charge is 0.457 e. The number of benzene rings is 2. The highest BCUT2D eigenvalue weighted by Crippen LogP contribution is 2.41. The molecular formula is C26H27N5O4S. The van der Waals surface area contributed by atoms with Crippen molar-refractivity contribution in [2.75, 3.05) is 26.4 Å². The fourth-order valence-electron chi connectivity index (χ4n) is 4.55. The van der Waals surface area contributed by atoms with Crippen LogP contribution in [0.15, 0.2) is 65.7 Å². The van der Waals surface area contributed by atoms with E-state index in [1.54, 1.807) is 25.4 Å². The number of likely N-dealkylation sites (tertiary alicyclic amines) is 1. The second kappa shape index (κ2) is 9.71. The van der Waals surface area contributed by atoms with Crippen LogP contribution in [0, 0.1) is 0 Å². The molecule has 2 aromatic carbocycles. The standard InChI is InChI=1S/C26H27N5O4S/c1-27-16-25(32)31-13-5-7-23(31)19-14-21-22(30-26(29-21)20-6-3-4-12-28-20)15-24(19)35-17-8-10-18(11-9-17)36(2,33)34/h3-4,6,8-12,14-15,23,27H,5,7,13,16H2,1-2H3,(H,29,30). The number of ether oxygens (including phenoxy) is 1. The number of sulfone groups is 1. The Morgan fingerprint density at radius 1 is 1.19 bits per heavy atom. The van der Waals surface area contributed by atoms with Crippen LogP contribution in [0.4, 0.5) is 0 Å². The summed E-state index contributed by atoms with van der Waals surface area (Å²) in [7, 11) is -1.56. The summed E-state index contributed by atoms with van der Waals surface area (Å²) < 4.78 is 30.0. The van der Waals surface area contributed by atoms with Crippen molar-refractivity contribution in [1.82, 2.24) is 25.2 Å². The molecule has 2 N–H and O–H groups in total. The number of carbonyl (C=O) groups is 1. The molecule has 186 valence electrons. The molecule has 10 heteroatoms. The number of carbonyl (C=O) groups excluding carboxylic acids is 1. The molecule has 4 aromatic rings. The zero-order valence-electron chi connectivity index (χ0n) is 20.1. The van der Waals surface area contributed by atoms with Crippen molar-refractivity contribution in [3.63, 3.8) is 0 Å². The molecule has 36 heavy (non-hydrogen) atoms. The Labute approximate surface area is 209 Å². The number of aromatic amines is 1. The van der Waals surface area contributed by atoms with Crippen LogP contribution >= 0.6 is 0 Å². The normalized spacial score (nSPS) is 15.9. The van der Waals surface area contributed by atoms with E-state index in [0.29, 0.717) is 29.4 Å². The van der Waals surface area contributed by atoms with Gasteiger partial charge in [-0.3, -0.25) is 9.78 Å². The van der Waals surface area contributed by atoms with Crippen LogP contribution in [0.2, 0.25) is 0 Å². The van der Waals surface area contributed by atoms with Crippen LogP contribution < -0.4 is 10.1 Å². The van der Waals surface area contributed by atoms with Gasteiger partial charge in [0, 0.05) is 30.6 Å². The van der Waals surface area contributed by atoms with Crippen molar-refractivity contribution in [3.05, 3.63) is 66.4 Å². The lowest BCUT2D eigenvalue weighted by molar-refractivity contribution is -0.131. The number of likely N-dealkylation sites (N-methyl/N-ethyl adjacent to an activating group) is 1. The quantitative estimate of drug-likeness (QED) is 0.393. The summed E-state index contributed by atoms with van der Waals surface area (Å²) in [6, 6.07) is 15.6. The summed E-state index contributed by atoms with van der Waals surface area (Å²) >= 11 is 0. The maximum atomic E-state index is 12.8. The van der Waals surface area contributed by atoms with E-state index in [1.165, 1.54) is 18.4 Å². The Hall–Kier alpha value is -3.76. The first kappa shape index (κ1) is 24.0. The Bertz CT molecular complexity index is 1500. The van der Waals surface area contributed by atoms with Crippen molar-refractivity contribution in [2.45, 2.75) is 23.8 Å². The number of fused-ring (bicyclic) bond motifs is 1. The summed E-state index contributed by atoms with van der Waals surface area (Å²) in [6.45, 7) is 0.934. The molecule has 0 spiro atoms. The van der Waals surface area contributed by atoms with Crippen LogP contribution in [0.3, 0.4) is 0 Å². The van der Waals surface area contributed by atoms with Crippen LogP contribution in [0.25, 0.3) is 22.6 Å². The van der Waals surface area contributed by atoms with E-state index in [4.69, 9.17) is 9.72 Å². The van der Waals surface area contributed by atoms with E-state index < -0.39 is 9.84 Å². The fraction of sp³-hybridized carbons (Fsp3) is 0.269. The number of rotatable bonds is 7. The minimum atomic E-state index is -3.31. The van der Waals surface area contributed by atoms with Crippen LogP contribution in [0.1, 0.15) is 24.4 Å². The first-order valence-electron chi connectivity index (χ1n) is 11.7. The predicted octanol–water partition coefficient (Wildman–Crippen LogP) is 3.70. The van der Waals surface area contributed by atoms with Crippen molar-refractivity contribution in [1.29, 1.82) is 0 Å².